The number of hydrogen-bond donors (Lipinski definition) is 5. The number of nitrogens with one attached hydrogen (secondary N) is 2. The summed E-state index contributed by atoms with van der Waals surface area (Å²) in [5, 5.41) is 26.8. The van der Waals surface area contributed by atoms with Crippen LogP contribution in [0.15, 0.2) is 28.9 Å². The summed E-state index contributed by atoms with van der Waals surface area (Å²) in [6.45, 7) is 3.21. The lowest BCUT2D eigenvalue weighted by Gasteiger charge is -2.32. The third-order valence-corrected chi connectivity index (χ3v) is 4.88. The van der Waals surface area contributed by atoms with Crippen molar-refractivity contribution >= 4 is 17.8 Å². The maximum Gasteiger partial charge on any atom is 0.292 e. The molecule has 0 radical (unpaired) electrons. The number of halogens is 2. The van der Waals surface area contributed by atoms with Crippen molar-refractivity contribution in [1.82, 2.24) is 15.6 Å². The predicted octanol–water partition coefficient (Wildman–Crippen LogP) is 1.29. The van der Waals surface area contributed by atoms with Crippen LogP contribution in [0.3, 0.4) is 0 Å². The van der Waals surface area contributed by atoms with Gasteiger partial charge in [0, 0.05) is 13.0 Å². The second-order valence-corrected chi connectivity index (χ2v) is 7.56. The Kier molecular flexibility index (Phi) is 9.09. The van der Waals surface area contributed by atoms with Gasteiger partial charge in [-0.3, -0.25) is 9.59 Å². The molecule has 0 aliphatic carbocycles. The van der Waals surface area contributed by atoms with E-state index in [9.17, 15) is 28.6 Å². The van der Waals surface area contributed by atoms with Crippen LogP contribution < -0.4 is 16.4 Å². The van der Waals surface area contributed by atoms with E-state index in [4.69, 9.17) is 10.2 Å². The van der Waals surface area contributed by atoms with Crippen LogP contribution in [-0.4, -0.2) is 51.3 Å². The number of unbranched alkanes of at least 4 members (excludes halogenated alkanes) is 1. The fourth-order valence-corrected chi connectivity index (χ4v) is 3.36. The summed E-state index contributed by atoms with van der Waals surface area (Å²) in [4.78, 5) is 27.8. The van der Waals surface area contributed by atoms with E-state index in [0.29, 0.717) is 18.9 Å². The molecule has 6 N–H and O–H groups in total. The molecular formula is C21H28F2N4O5. The lowest BCUT2D eigenvalue weighted by atomic mass is 9.91. The topological polar surface area (TPSA) is 151 Å². The van der Waals surface area contributed by atoms with Gasteiger partial charge < -0.3 is 31.0 Å². The molecule has 0 aliphatic heterocycles. The van der Waals surface area contributed by atoms with Crippen LogP contribution in [0.5, 0.6) is 0 Å². The maximum atomic E-state index is 13.7. The SMILES string of the molecule is CCCC[C@@H](NC(C)=O)[C@@H](O)[C@H](O)[C@H](Cc1cc(F)cc(F)c1)NC(=O)c1coc(N)n1. The molecule has 0 saturated heterocycles. The van der Waals surface area contributed by atoms with Crippen LogP contribution >= 0.6 is 0 Å². The normalized spacial score (nSPS) is 14.9. The number of amides is 2. The number of nitrogen functional groups attached to an aromatic ring is 1. The number of aromatic nitrogens is 1. The van der Waals surface area contributed by atoms with Gasteiger partial charge in [-0.1, -0.05) is 19.8 Å². The van der Waals surface area contributed by atoms with Gasteiger partial charge >= 0.3 is 0 Å². The van der Waals surface area contributed by atoms with Gasteiger partial charge in [-0.05, 0) is 30.5 Å². The zero-order valence-corrected chi connectivity index (χ0v) is 17.8. The van der Waals surface area contributed by atoms with Crippen molar-refractivity contribution in [1.29, 1.82) is 0 Å². The molecule has 0 bridgehead atoms. The Morgan fingerprint density at radius 3 is 2.28 bits per heavy atom. The molecule has 2 aromatic rings. The number of aliphatic hydroxyl groups is 2. The molecule has 0 unspecified atom stereocenters. The molecule has 1 aromatic carbocycles. The minimum atomic E-state index is -1.59. The van der Waals surface area contributed by atoms with Crippen molar-refractivity contribution in [2.24, 2.45) is 0 Å². The van der Waals surface area contributed by atoms with E-state index in [1.807, 2.05) is 6.92 Å². The second-order valence-electron chi connectivity index (χ2n) is 7.56. The number of aliphatic hydroxyl groups excluding tert-OH is 2. The van der Waals surface area contributed by atoms with Gasteiger partial charge in [-0.2, -0.15) is 4.98 Å². The molecule has 176 valence electrons. The number of nitrogens with zero attached hydrogens (tertiary/aromatic N) is 1. The highest BCUT2D eigenvalue weighted by Gasteiger charge is 2.34. The number of anilines is 1. The Morgan fingerprint density at radius 1 is 1.12 bits per heavy atom. The summed E-state index contributed by atoms with van der Waals surface area (Å²) in [6, 6.07) is 0.571. The average molecular weight is 454 g/mol. The van der Waals surface area contributed by atoms with E-state index < -0.39 is 47.7 Å². The van der Waals surface area contributed by atoms with Crippen LogP contribution in [0.4, 0.5) is 14.8 Å². The van der Waals surface area contributed by atoms with Crippen molar-refractivity contribution in [3.05, 3.63) is 47.4 Å². The van der Waals surface area contributed by atoms with Gasteiger partial charge in [0.25, 0.3) is 11.9 Å². The third-order valence-electron chi connectivity index (χ3n) is 4.88. The maximum absolute atomic E-state index is 13.7. The van der Waals surface area contributed by atoms with Crippen LogP contribution in [0.1, 0.15) is 49.2 Å². The largest absolute Gasteiger partial charge is 0.431 e. The number of carbonyl (C=O) groups excluding carboxylic acids is 2. The smallest absolute Gasteiger partial charge is 0.292 e. The van der Waals surface area contributed by atoms with Crippen molar-refractivity contribution in [3.63, 3.8) is 0 Å². The van der Waals surface area contributed by atoms with E-state index in [1.165, 1.54) is 6.92 Å². The number of rotatable bonds is 11. The minimum absolute atomic E-state index is 0.142. The number of nitrogens with two attached hydrogens (primary N) is 1. The summed E-state index contributed by atoms with van der Waals surface area (Å²) < 4.78 is 32.1. The lowest BCUT2D eigenvalue weighted by molar-refractivity contribution is -0.121. The quantitative estimate of drug-likeness (QED) is 0.343. The molecule has 2 rings (SSSR count). The number of carbonyl (C=O) groups is 2. The molecule has 1 aromatic heterocycles. The van der Waals surface area contributed by atoms with Crippen LogP contribution in [0.2, 0.25) is 0 Å². The fraction of sp³-hybridized carbons (Fsp3) is 0.476. The first kappa shape index (κ1) is 25.2. The summed E-state index contributed by atoms with van der Waals surface area (Å²) >= 11 is 0. The van der Waals surface area contributed by atoms with E-state index in [-0.39, 0.29) is 23.7 Å². The highest BCUT2D eigenvalue weighted by atomic mass is 19.1. The molecule has 0 aliphatic rings. The lowest BCUT2D eigenvalue weighted by Crippen LogP contribution is -2.56. The summed E-state index contributed by atoms with van der Waals surface area (Å²) in [7, 11) is 0. The highest BCUT2D eigenvalue weighted by molar-refractivity contribution is 5.92. The van der Waals surface area contributed by atoms with Gasteiger partial charge in [0.05, 0.1) is 12.1 Å². The Bertz CT molecular complexity index is 903. The molecule has 32 heavy (non-hydrogen) atoms. The molecule has 2 amide bonds. The van der Waals surface area contributed by atoms with Gasteiger partial charge in [0.2, 0.25) is 5.91 Å². The van der Waals surface area contributed by atoms with Crippen molar-refractivity contribution in [2.75, 3.05) is 5.73 Å². The van der Waals surface area contributed by atoms with Crippen molar-refractivity contribution in [2.45, 2.75) is 63.8 Å². The van der Waals surface area contributed by atoms with Crippen LogP contribution in [0.25, 0.3) is 0 Å². The zero-order valence-electron chi connectivity index (χ0n) is 17.8. The molecule has 9 nitrogen and oxygen atoms in total. The molecular weight excluding hydrogens is 426 g/mol. The first-order chi connectivity index (χ1) is 15.1. The molecule has 0 fully saturated rings. The Labute approximate surface area is 184 Å². The zero-order chi connectivity index (χ0) is 23.8. The van der Waals surface area contributed by atoms with E-state index in [2.05, 4.69) is 15.6 Å². The van der Waals surface area contributed by atoms with E-state index >= 15 is 0 Å². The molecule has 1 heterocycles. The fourth-order valence-electron chi connectivity index (χ4n) is 3.36. The average Bonchev–Trinajstić information content (AvgIpc) is 3.15. The van der Waals surface area contributed by atoms with Gasteiger partial charge in [0.1, 0.15) is 30.1 Å². The van der Waals surface area contributed by atoms with Crippen molar-refractivity contribution in [3.8, 4) is 0 Å². The number of hydrogen-bond acceptors (Lipinski definition) is 7. The minimum Gasteiger partial charge on any atom is -0.431 e. The molecule has 0 saturated carbocycles. The standard InChI is InChI=1S/C21H28F2N4O5/c1-3-4-5-15(25-11(2)28)18(29)19(30)16(8-12-6-13(22)9-14(23)7-12)26-20(31)17-10-32-21(24)27-17/h6-7,9-10,15-16,18-19,29-30H,3-5,8H2,1-2H3,(H2,24,27)(H,25,28)(H,26,31)/t15-,16+,18-,19-/m1/s1. The van der Waals surface area contributed by atoms with Gasteiger partial charge in [-0.25, -0.2) is 8.78 Å². The molecule has 4 atom stereocenters. The van der Waals surface area contributed by atoms with E-state index in [1.54, 1.807) is 0 Å². The first-order valence-corrected chi connectivity index (χ1v) is 10.2. The third kappa shape index (κ3) is 7.27. The van der Waals surface area contributed by atoms with Crippen LogP contribution in [0, 0.1) is 11.6 Å². The molecule has 0 spiro atoms. The summed E-state index contributed by atoms with van der Waals surface area (Å²) in [6.07, 6.45) is -0.447. The predicted molar refractivity (Wildman–Crippen MR) is 111 cm³/mol. The van der Waals surface area contributed by atoms with Gasteiger partial charge in [-0.15, -0.1) is 0 Å². The second kappa shape index (κ2) is 11.5. The Hall–Kier alpha value is -3.05. The summed E-state index contributed by atoms with van der Waals surface area (Å²) in [5.41, 5.74) is 5.34. The first-order valence-electron chi connectivity index (χ1n) is 10.2. The number of oxazole rings is 1. The van der Waals surface area contributed by atoms with Crippen molar-refractivity contribution < 1.29 is 33.0 Å². The Balaban J connectivity index is 2.29. The summed E-state index contributed by atoms with van der Waals surface area (Å²) in [5.74, 6) is -2.83. The molecule has 11 heteroatoms. The monoisotopic (exact) mass is 454 g/mol. The van der Waals surface area contributed by atoms with Crippen LogP contribution in [-0.2, 0) is 11.2 Å². The van der Waals surface area contributed by atoms with E-state index in [0.717, 1.165) is 24.8 Å². The Morgan fingerprint density at radius 2 is 1.75 bits per heavy atom. The number of benzene rings is 1. The van der Waals surface area contributed by atoms with Gasteiger partial charge in [0.15, 0.2) is 5.69 Å². The highest BCUT2D eigenvalue weighted by Crippen LogP contribution is 2.17.